The van der Waals surface area contributed by atoms with Crippen molar-refractivity contribution in [3.8, 4) is 0 Å². The van der Waals surface area contributed by atoms with E-state index in [1.54, 1.807) is 36.0 Å². The number of thioether (sulfide) groups is 1. The molecule has 0 aliphatic carbocycles. The number of hydrogen-bond acceptors (Lipinski definition) is 3. The Morgan fingerprint density at radius 3 is 2.00 bits per heavy atom. The molecule has 0 atom stereocenters. The van der Waals surface area contributed by atoms with E-state index in [0.29, 0.717) is 17.2 Å². The highest BCUT2D eigenvalue weighted by Gasteiger charge is 2.12. The van der Waals surface area contributed by atoms with E-state index in [1.165, 1.54) is 5.56 Å². The molecule has 0 aliphatic heterocycles. The minimum atomic E-state index is -3.40. The van der Waals surface area contributed by atoms with E-state index in [-0.39, 0.29) is 0 Å². The first-order valence-electron chi connectivity index (χ1n) is 6.73. The fraction of sp³-hybridized carbons (Fsp3) is 0.250. The summed E-state index contributed by atoms with van der Waals surface area (Å²) < 4.78 is 26.8. The van der Waals surface area contributed by atoms with Crippen molar-refractivity contribution >= 4 is 21.8 Å². The Kier molecular flexibility index (Phi) is 5.45. The van der Waals surface area contributed by atoms with Crippen molar-refractivity contribution in [3.05, 3.63) is 59.7 Å². The van der Waals surface area contributed by atoms with Crippen LogP contribution in [0.3, 0.4) is 0 Å². The average molecular weight is 321 g/mol. The first-order valence-corrected chi connectivity index (χ1v) is 9.20. The quantitative estimate of drug-likeness (QED) is 0.655. The summed E-state index contributed by atoms with van der Waals surface area (Å²) in [5.41, 5.74) is 2.27. The predicted molar refractivity (Wildman–Crippen MR) is 88.3 cm³/mol. The third kappa shape index (κ3) is 4.88. The van der Waals surface area contributed by atoms with Crippen molar-refractivity contribution < 1.29 is 8.42 Å². The van der Waals surface area contributed by atoms with Gasteiger partial charge in [0.25, 0.3) is 0 Å². The number of rotatable bonds is 6. The summed E-state index contributed by atoms with van der Waals surface area (Å²) in [4.78, 5) is 1.46. The van der Waals surface area contributed by atoms with Crippen LogP contribution in [0.25, 0.3) is 0 Å². The zero-order chi connectivity index (χ0) is 15.3. The molecular weight excluding hydrogens is 302 g/mol. The summed E-state index contributed by atoms with van der Waals surface area (Å²) >= 11 is 1.64. The van der Waals surface area contributed by atoms with Crippen molar-refractivity contribution in [1.82, 2.24) is 4.72 Å². The smallest absolute Gasteiger partial charge is 0.210 e. The first kappa shape index (κ1) is 16.1. The molecule has 0 aliphatic rings. The van der Waals surface area contributed by atoms with Crippen LogP contribution in [0.15, 0.2) is 58.3 Å². The van der Waals surface area contributed by atoms with Gasteiger partial charge in [-0.2, -0.15) is 0 Å². The van der Waals surface area contributed by atoms with Gasteiger partial charge in [0, 0.05) is 17.2 Å². The largest absolute Gasteiger partial charge is 0.240 e. The van der Waals surface area contributed by atoms with E-state index in [1.807, 2.05) is 13.8 Å². The molecule has 5 heteroatoms. The highest BCUT2D eigenvalue weighted by atomic mass is 32.2. The SMILES string of the molecule is Cc1ccc(SCCNS(=O)(=O)c2ccc(C)cc2)cc1. The van der Waals surface area contributed by atoms with Crippen LogP contribution in [0.4, 0.5) is 0 Å². The molecule has 0 bridgehead atoms. The van der Waals surface area contributed by atoms with Gasteiger partial charge in [-0.1, -0.05) is 35.4 Å². The molecule has 112 valence electrons. The molecule has 0 radical (unpaired) electrons. The van der Waals surface area contributed by atoms with Crippen molar-refractivity contribution in [1.29, 1.82) is 0 Å². The summed E-state index contributed by atoms with van der Waals surface area (Å²) in [5.74, 6) is 0.703. The predicted octanol–water partition coefficient (Wildman–Crippen LogP) is 3.37. The highest BCUT2D eigenvalue weighted by Crippen LogP contribution is 2.18. The lowest BCUT2D eigenvalue weighted by molar-refractivity contribution is 0.584. The molecule has 0 fully saturated rings. The van der Waals surface area contributed by atoms with E-state index in [0.717, 1.165) is 10.5 Å². The van der Waals surface area contributed by atoms with Gasteiger partial charge in [-0.15, -0.1) is 11.8 Å². The Bertz CT molecular complexity index is 677. The van der Waals surface area contributed by atoms with Crippen molar-refractivity contribution in [2.75, 3.05) is 12.3 Å². The van der Waals surface area contributed by atoms with Crippen LogP contribution in [0.5, 0.6) is 0 Å². The van der Waals surface area contributed by atoms with Gasteiger partial charge < -0.3 is 0 Å². The van der Waals surface area contributed by atoms with Gasteiger partial charge in [0.15, 0.2) is 0 Å². The molecule has 0 saturated heterocycles. The molecular formula is C16H19NO2S2. The van der Waals surface area contributed by atoms with E-state index >= 15 is 0 Å². The third-order valence-corrected chi connectivity index (χ3v) is 5.51. The topological polar surface area (TPSA) is 46.2 Å². The number of benzene rings is 2. The Hall–Kier alpha value is -1.30. The Labute approximate surface area is 130 Å². The maximum atomic E-state index is 12.1. The summed E-state index contributed by atoms with van der Waals surface area (Å²) in [6.07, 6.45) is 0. The van der Waals surface area contributed by atoms with Crippen LogP contribution >= 0.6 is 11.8 Å². The molecule has 21 heavy (non-hydrogen) atoms. The molecule has 2 aromatic carbocycles. The van der Waals surface area contributed by atoms with E-state index in [2.05, 4.69) is 29.0 Å². The summed E-state index contributed by atoms with van der Waals surface area (Å²) in [6.45, 7) is 4.39. The fourth-order valence-corrected chi connectivity index (χ4v) is 3.71. The zero-order valence-electron chi connectivity index (χ0n) is 12.2. The van der Waals surface area contributed by atoms with Crippen LogP contribution in [0, 0.1) is 13.8 Å². The van der Waals surface area contributed by atoms with E-state index in [4.69, 9.17) is 0 Å². The molecule has 0 saturated carbocycles. The van der Waals surface area contributed by atoms with Gasteiger partial charge >= 0.3 is 0 Å². The van der Waals surface area contributed by atoms with Crippen LogP contribution in [0.2, 0.25) is 0 Å². The third-order valence-electron chi connectivity index (χ3n) is 3.02. The van der Waals surface area contributed by atoms with E-state index in [9.17, 15) is 8.42 Å². The molecule has 2 rings (SSSR count). The lowest BCUT2D eigenvalue weighted by Crippen LogP contribution is -2.26. The average Bonchev–Trinajstić information content (AvgIpc) is 2.46. The van der Waals surface area contributed by atoms with Crippen LogP contribution in [-0.4, -0.2) is 20.7 Å². The Balaban J connectivity index is 1.85. The number of aryl methyl sites for hydroxylation is 2. The molecule has 0 spiro atoms. The van der Waals surface area contributed by atoms with Crippen molar-refractivity contribution in [2.45, 2.75) is 23.6 Å². The number of nitrogens with one attached hydrogen (secondary N) is 1. The second-order valence-electron chi connectivity index (χ2n) is 4.87. The summed E-state index contributed by atoms with van der Waals surface area (Å²) in [5, 5.41) is 0. The van der Waals surface area contributed by atoms with Gasteiger partial charge in [0.1, 0.15) is 0 Å². The van der Waals surface area contributed by atoms with Crippen LogP contribution in [0.1, 0.15) is 11.1 Å². The van der Waals surface area contributed by atoms with Gasteiger partial charge in [-0.05, 0) is 38.1 Å². The van der Waals surface area contributed by atoms with Crippen LogP contribution in [-0.2, 0) is 10.0 Å². The molecule has 0 aromatic heterocycles. The van der Waals surface area contributed by atoms with Gasteiger partial charge in [-0.3, -0.25) is 0 Å². The minimum Gasteiger partial charge on any atom is -0.210 e. The minimum absolute atomic E-state index is 0.313. The summed E-state index contributed by atoms with van der Waals surface area (Å²) in [7, 11) is -3.40. The van der Waals surface area contributed by atoms with Crippen LogP contribution < -0.4 is 4.72 Å². The molecule has 0 amide bonds. The highest BCUT2D eigenvalue weighted by molar-refractivity contribution is 7.99. The van der Waals surface area contributed by atoms with Crippen molar-refractivity contribution in [2.24, 2.45) is 0 Å². The van der Waals surface area contributed by atoms with E-state index < -0.39 is 10.0 Å². The summed E-state index contributed by atoms with van der Waals surface area (Å²) in [6, 6.07) is 15.1. The lowest BCUT2D eigenvalue weighted by Gasteiger charge is -2.07. The normalized spacial score (nSPS) is 11.5. The number of hydrogen-bond donors (Lipinski definition) is 1. The molecule has 1 N–H and O–H groups in total. The second-order valence-corrected chi connectivity index (χ2v) is 7.81. The standard InChI is InChI=1S/C16H19NO2S2/c1-13-3-7-15(8-4-13)20-12-11-17-21(18,19)16-9-5-14(2)6-10-16/h3-10,17H,11-12H2,1-2H3. The van der Waals surface area contributed by atoms with Gasteiger partial charge in [-0.25, -0.2) is 13.1 Å². The van der Waals surface area contributed by atoms with Crippen molar-refractivity contribution in [3.63, 3.8) is 0 Å². The molecule has 0 heterocycles. The zero-order valence-corrected chi connectivity index (χ0v) is 13.8. The maximum Gasteiger partial charge on any atom is 0.240 e. The fourth-order valence-electron chi connectivity index (χ4n) is 1.78. The monoisotopic (exact) mass is 321 g/mol. The first-order chi connectivity index (χ1) is 9.97. The maximum absolute atomic E-state index is 12.1. The van der Waals surface area contributed by atoms with Gasteiger partial charge in [0.2, 0.25) is 10.0 Å². The second kappa shape index (κ2) is 7.11. The van der Waals surface area contributed by atoms with Gasteiger partial charge in [0.05, 0.1) is 4.90 Å². The molecule has 0 unspecified atom stereocenters. The number of sulfonamides is 1. The molecule has 3 nitrogen and oxygen atoms in total. The lowest BCUT2D eigenvalue weighted by atomic mass is 10.2. The Morgan fingerprint density at radius 2 is 1.43 bits per heavy atom. The molecule has 2 aromatic rings. The Morgan fingerprint density at radius 1 is 0.905 bits per heavy atom.